The minimum atomic E-state index is -1.17. The van der Waals surface area contributed by atoms with Crippen LogP contribution in [0.1, 0.15) is 48.6 Å². The van der Waals surface area contributed by atoms with E-state index in [9.17, 15) is 9.59 Å². The molecule has 0 aliphatic heterocycles. The first-order valence-electron chi connectivity index (χ1n) is 11.6. The number of methoxy groups -OCH3 is 1. The Balaban J connectivity index is 1.80. The van der Waals surface area contributed by atoms with E-state index in [-0.39, 0.29) is 29.8 Å². The fourth-order valence-corrected chi connectivity index (χ4v) is 5.21. The van der Waals surface area contributed by atoms with Crippen molar-refractivity contribution < 1.29 is 18.7 Å². The number of hydrogen-bond donors (Lipinski definition) is 1. The standard InChI is InChI=1S/C27H29FN2O3S/c1-33-24-16-8-7-15-23(24)30(25(31)18-20-12-9-17-34-20)26(21-13-5-6-14-22(21)28)27(32)29-19-10-3-2-4-11-19/h5-9,12-17,19,26H,2-4,10-11,18H2,1H3,(H,29,32)/t26-/m1/s1. The van der Waals surface area contributed by atoms with Crippen molar-refractivity contribution in [3.63, 3.8) is 0 Å². The largest absolute Gasteiger partial charge is 0.495 e. The molecule has 34 heavy (non-hydrogen) atoms. The van der Waals surface area contributed by atoms with E-state index in [2.05, 4.69) is 5.32 Å². The lowest BCUT2D eigenvalue weighted by atomic mass is 9.94. The fourth-order valence-electron chi connectivity index (χ4n) is 4.52. The van der Waals surface area contributed by atoms with E-state index < -0.39 is 11.9 Å². The van der Waals surface area contributed by atoms with Crippen molar-refractivity contribution in [3.05, 3.63) is 82.3 Å². The van der Waals surface area contributed by atoms with E-state index in [0.29, 0.717) is 11.4 Å². The lowest BCUT2D eigenvalue weighted by Crippen LogP contribution is -2.48. The Morgan fingerprint density at radius 1 is 1.06 bits per heavy atom. The summed E-state index contributed by atoms with van der Waals surface area (Å²) in [5.41, 5.74) is 0.583. The third-order valence-electron chi connectivity index (χ3n) is 6.18. The molecule has 2 aromatic carbocycles. The van der Waals surface area contributed by atoms with Crippen LogP contribution in [0.5, 0.6) is 5.75 Å². The summed E-state index contributed by atoms with van der Waals surface area (Å²) in [5.74, 6) is -0.787. The summed E-state index contributed by atoms with van der Waals surface area (Å²) >= 11 is 1.47. The SMILES string of the molecule is COc1ccccc1N(C(=O)Cc1cccs1)[C@@H](C(=O)NC1CCCCC1)c1ccccc1F. The number of anilines is 1. The molecule has 1 aromatic heterocycles. The van der Waals surface area contributed by atoms with Gasteiger partial charge in [-0.05, 0) is 42.5 Å². The topological polar surface area (TPSA) is 58.6 Å². The number of thiophene rings is 1. The molecular weight excluding hydrogens is 451 g/mol. The summed E-state index contributed by atoms with van der Waals surface area (Å²) in [6.07, 6.45) is 5.10. The Morgan fingerprint density at radius 2 is 1.79 bits per heavy atom. The highest BCUT2D eigenvalue weighted by molar-refractivity contribution is 7.10. The number of rotatable bonds is 8. The summed E-state index contributed by atoms with van der Waals surface area (Å²) in [6, 6.07) is 15.8. The van der Waals surface area contributed by atoms with Gasteiger partial charge in [-0.3, -0.25) is 14.5 Å². The highest BCUT2D eigenvalue weighted by atomic mass is 32.1. The number of para-hydroxylation sites is 2. The van der Waals surface area contributed by atoms with Gasteiger partial charge in [0.25, 0.3) is 0 Å². The molecule has 1 saturated carbocycles. The van der Waals surface area contributed by atoms with Crippen LogP contribution in [0.15, 0.2) is 66.0 Å². The van der Waals surface area contributed by atoms with Crippen molar-refractivity contribution in [2.75, 3.05) is 12.0 Å². The summed E-state index contributed by atoms with van der Waals surface area (Å²) in [4.78, 5) is 29.8. The van der Waals surface area contributed by atoms with Crippen LogP contribution in [0, 0.1) is 5.82 Å². The van der Waals surface area contributed by atoms with Gasteiger partial charge in [0.2, 0.25) is 11.8 Å². The van der Waals surface area contributed by atoms with Crippen LogP contribution in [-0.2, 0) is 16.0 Å². The quantitative estimate of drug-likeness (QED) is 0.453. The average Bonchev–Trinajstić information content (AvgIpc) is 3.36. The van der Waals surface area contributed by atoms with Gasteiger partial charge < -0.3 is 10.1 Å². The maximum Gasteiger partial charge on any atom is 0.248 e. The first-order chi connectivity index (χ1) is 16.6. The zero-order valence-electron chi connectivity index (χ0n) is 19.2. The maximum absolute atomic E-state index is 15.1. The van der Waals surface area contributed by atoms with E-state index in [1.807, 2.05) is 17.5 Å². The van der Waals surface area contributed by atoms with Crippen molar-refractivity contribution in [3.8, 4) is 5.75 Å². The van der Waals surface area contributed by atoms with Gasteiger partial charge in [0, 0.05) is 16.5 Å². The third kappa shape index (κ3) is 5.47. The Morgan fingerprint density at radius 3 is 2.50 bits per heavy atom. The Bertz CT molecular complexity index is 1110. The van der Waals surface area contributed by atoms with Crippen LogP contribution >= 0.6 is 11.3 Å². The summed E-state index contributed by atoms with van der Waals surface area (Å²) in [6.45, 7) is 0. The fraction of sp³-hybridized carbons (Fsp3) is 0.333. The Kier molecular flexibility index (Phi) is 7.95. The number of amides is 2. The molecule has 7 heteroatoms. The molecule has 3 aromatic rings. The lowest BCUT2D eigenvalue weighted by molar-refractivity contribution is -0.127. The normalized spacial score (nSPS) is 14.9. The molecule has 1 heterocycles. The highest BCUT2D eigenvalue weighted by Crippen LogP contribution is 2.36. The summed E-state index contributed by atoms with van der Waals surface area (Å²) in [5, 5.41) is 5.01. The predicted octanol–water partition coefficient (Wildman–Crippen LogP) is 5.66. The summed E-state index contributed by atoms with van der Waals surface area (Å²) in [7, 11) is 1.51. The second kappa shape index (κ2) is 11.3. The molecule has 1 aliphatic rings. The second-order valence-electron chi connectivity index (χ2n) is 8.46. The minimum Gasteiger partial charge on any atom is -0.495 e. The summed E-state index contributed by atoms with van der Waals surface area (Å²) < 4.78 is 20.7. The van der Waals surface area contributed by atoms with Gasteiger partial charge in [0.05, 0.1) is 19.2 Å². The van der Waals surface area contributed by atoms with E-state index in [1.165, 1.54) is 29.4 Å². The first kappa shape index (κ1) is 24.0. The highest BCUT2D eigenvalue weighted by Gasteiger charge is 2.36. The van der Waals surface area contributed by atoms with E-state index >= 15 is 4.39 Å². The Labute approximate surface area is 203 Å². The van der Waals surface area contributed by atoms with Crippen molar-refractivity contribution in [2.24, 2.45) is 0 Å². The van der Waals surface area contributed by atoms with E-state index in [4.69, 9.17) is 4.74 Å². The molecule has 0 spiro atoms. The number of nitrogens with zero attached hydrogens (tertiary/aromatic N) is 1. The molecule has 5 nitrogen and oxygen atoms in total. The number of carbonyl (C=O) groups is 2. The molecule has 0 bridgehead atoms. The van der Waals surface area contributed by atoms with Gasteiger partial charge in [0.15, 0.2) is 0 Å². The van der Waals surface area contributed by atoms with Gasteiger partial charge in [-0.2, -0.15) is 0 Å². The van der Waals surface area contributed by atoms with Crippen LogP contribution in [0.3, 0.4) is 0 Å². The smallest absolute Gasteiger partial charge is 0.248 e. The van der Waals surface area contributed by atoms with Crippen LogP contribution in [0.2, 0.25) is 0 Å². The van der Waals surface area contributed by atoms with Crippen LogP contribution in [0.25, 0.3) is 0 Å². The van der Waals surface area contributed by atoms with Crippen molar-refractivity contribution in [2.45, 2.75) is 50.6 Å². The molecule has 0 saturated heterocycles. The molecule has 178 valence electrons. The second-order valence-corrected chi connectivity index (χ2v) is 9.49. The maximum atomic E-state index is 15.1. The Hall–Kier alpha value is -3.19. The number of hydrogen-bond acceptors (Lipinski definition) is 4. The average molecular weight is 481 g/mol. The molecule has 0 unspecified atom stereocenters. The van der Waals surface area contributed by atoms with E-state index in [1.54, 1.807) is 42.5 Å². The van der Waals surface area contributed by atoms with Gasteiger partial charge in [-0.25, -0.2) is 4.39 Å². The number of halogens is 1. The van der Waals surface area contributed by atoms with Gasteiger partial charge in [0.1, 0.15) is 17.6 Å². The van der Waals surface area contributed by atoms with Crippen LogP contribution in [-0.4, -0.2) is 25.0 Å². The predicted molar refractivity (Wildman–Crippen MR) is 133 cm³/mol. The molecular formula is C27H29FN2O3S. The molecule has 0 radical (unpaired) electrons. The van der Waals surface area contributed by atoms with Crippen molar-refractivity contribution in [1.82, 2.24) is 5.32 Å². The zero-order valence-corrected chi connectivity index (χ0v) is 20.0. The minimum absolute atomic E-state index is 0.0161. The number of ether oxygens (including phenoxy) is 1. The van der Waals surface area contributed by atoms with Gasteiger partial charge >= 0.3 is 0 Å². The molecule has 1 fully saturated rings. The molecule has 4 rings (SSSR count). The first-order valence-corrected chi connectivity index (χ1v) is 12.5. The molecule has 1 atom stereocenters. The monoisotopic (exact) mass is 480 g/mol. The van der Waals surface area contributed by atoms with Crippen LogP contribution in [0.4, 0.5) is 10.1 Å². The third-order valence-corrected chi connectivity index (χ3v) is 7.05. The van der Waals surface area contributed by atoms with Gasteiger partial charge in [-0.15, -0.1) is 11.3 Å². The molecule has 1 aliphatic carbocycles. The number of carbonyl (C=O) groups excluding carboxylic acids is 2. The lowest BCUT2D eigenvalue weighted by Gasteiger charge is -2.34. The molecule has 2 amide bonds. The van der Waals surface area contributed by atoms with Crippen LogP contribution < -0.4 is 15.0 Å². The number of benzene rings is 2. The zero-order chi connectivity index (χ0) is 23.9. The van der Waals surface area contributed by atoms with Crippen molar-refractivity contribution in [1.29, 1.82) is 0 Å². The molecule has 1 N–H and O–H groups in total. The van der Waals surface area contributed by atoms with E-state index in [0.717, 1.165) is 37.0 Å². The van der Waals surface area contributed by atoms with Crippen molar-refractivity contribution >= 4 is 28.8 Å². The van der Waals surface area contributed by atoms with Gasteiger partial charge in [-0.1, -0.05) is 55.7 Å². The number of nitrogens with one attached hydrogen (secondary N) is 1.